The summed E-state index contributed by atoms with van der Waals surface area (Å²) in [5, 5.41) is 11.3. The molecule has 0 aromatic heterocycles. The Morgan fingerprint density at radius 1 is 1.33 bits per heavy atom. The molecule has 0 spiro atoms. The average molecular weight is 243 g/mol. The number of hydrogen-bond donors (Lipinski definition) is 1. The minimum atomic E-state index is -0.367. The third-order valence-corrected chi connectivity index (χ3v) is 2.97. The van der Waals surface area contributed by atoms with Gasteiger partial charge < -0.3 is 5.32 Å². The zero-order valence-electron chi connectivity index (χ0n) is 9.01. The lowest BCUT2D eigenvalue weighted by Gasteiger charge is -2.04. The fourth-order valence-electron chi connectivity index (χ4n) is 2.16. The molecule has 4 rings (SSSR count). The molecule has 3 heterocycles. The summed E-state index contributed by atoms with van der Waals surface area (Å²) in [6.45, 7) is 0.172. The number of fused-ring (bicyclic) bond motifs is 5. The van der Waals surface area contributed by atoms with Gasteiger partial charge in [0.2, 0.25) is 5.95 Å². The second kappa shape index (κ2) is 3.00. The van der Waals surface area contributed by atoms with Crippen LogP contribution in [-0.2, 0) is 0 Å². The van der Waals surface area contributed by atoms with Gasteiger partial charge in [0.25, 0.3) is 5.91 Å². The van der Waals surface area contributed by atoms with Gasteiger partial charge >= 0.3 is 0 Å². The standard InChI is InChI=1S/C11H6FN5O/c12-5-1-2-7-6(3-5)9-10(14-7)17-8(18)4-13-11(17)16-15-9/h1-3H,4H2,(H,13,16). The van der Waals surface area contributed by atoms with Crippen molar-refractivity contribution in [3.05, 3.63) is 24.0 Å². The predicted molar refractivity (Wildman–Crippen MR) is 61.0 cm³/mol. The summed E-state index contributed by atoms with van der Waals surface area (Å²) in [4.78, 5) is 16.1. The van der Waals surface area contributed by atoms with Crippen molar-refractivity contribution in [2.45, 2.75) is 0 Å². The van der Waals surface area contributed by atoms with E-state index in [9.17, 15) is 9.18 Å². The second-order valence-corrected chi connectivity index (χ2v) is 4.05. The van der Waals surface area contributed by atoms with Gasteiger partial charge in [-0.15, -0.1) is 10.2 Å². The number of rotatable bonds is 0. The summed E-state index contributed by atoms with van der Waals surface area (Å²) in [5.74, 6) is 0.271. The number of carbonyl (C=O) groups excluding carboxylic acids is 1. The number of halogens is 1. The zero-order chi connectivity index (χ0) is 12.3. The molecule has 0 aliphatic carbocycles. The van der Waals surface area contributed by atoms with Crippen LogP contribution >= 0.6 is 0 Å². The fourth-order valence-corrected chi connectivity index (χ4v) is 2.16. The number of anilines is 1. The molecule has 6 nitrogen and oxygen atoms in total. The maximum atomic E-state index is 13.2. The number of hydrogen-bond acceptors (Lipinski definition) is 5. The number of benzene rings is 1. The first-order valence-corrected chi connectivity index (χ1v) is 5.35. The summed E-state index contributed by atoms with van der Waals surface area (Å²) in [6.07, 6.45) is 0. The van der Waals surface area contributed by atoms with Crippen LogP contribution in [0.25, 0.3) is 22.4 Å². The first-order chi connectivity index (χ1) is 8.74. The van der Waals surface area contributed by atoms with Crippen molar-refractivity contribution in [1.29, 1.82) is 0 Å². The van der Waals surface area contributed by atoms with Gasteiger partial charge in [0, 0.05) is 5.39 Å². The van der Waals surface area contributed by atoms with Gasteiger partial charge in [0.1, 0.15) is 11.5 Å². The Hall–Kier alpha value is -2.57. The van der Waals surface area contributed by atoms with Crippen LogP contribution in [0, 0.1) is 5.82 Å². The molecule has 88 valence electrons. The summed E-state index contributed by atoms with van der Waals surface area (Å²) in [7, 11) is 0. The highest BCUT2D eigenvalue weighted by Crippen LogP contribution is 2.31. The van der Waals surface area contributed by atoms with E-state index in [2.05, 4.69) is 20.5 Å². The van der Waals surface area contributed by atoms with E-state index in [-0.39, 0.29) is 18.3 Å². The van der Waals surface area contributed by atoms with Crippen LogP contribution in [0.15, 0.2) is 18.2 Å². The highest BCUT2D eigenvalue weighted by molar-refractivity contribution is 5.99. The maximum Gasteiger partial charge on any atom is 0.254 e. The van der Waals surface area contributed by atoms with E-state index in [1.54, 1.807) is 6.07 Å². The van der Waals surface area contributed by atoms with Crippen LogP contribution in [0.2, 0.25) is 0 Å². The maximum absolute atomic E-state index is 13.2. The van der Waals surface area contributed by atoms with Gasteiger partial charge in [-0.25, -0.2) is 13.9 Å². The van der Waals surface area contributed by atoms with Crippen molar-refractivity contribution >= 4 is 22.8 Å². The Labute approximate surface area is 99.8 Å². The van der Waals surface area contributed by atoms with E-state index in [1.807, 2.05) is 0 Å². The molecule has 0 bridgehead atoms. The van der Waals surface area contributed by atoms with Crippen molar-refractivity contribution in [3.63, 3.8) is 0 Å². The number of aromatic nitrogens is 4. The third-order valence-electron chi connectivity index (χ3n) is 2.97. The Morgan fingerprint density at radius 2 is 2.22 bits per heavy atom. The normalized spacial score (nSPS) is 14.2. The van der Waals surface area contributed by atoms with Gasteiger partial charge in [-0.2, -0.15) is 0 Å². The Balaban J connectivity index is 2.16. The van der Waals surface area contributed by atoms with E-state index in [1.165, 1.54) is 16.7 Å². The Bertz CT molecular complexity index is 781. The summed E-state index contributed by atoms with van der Waals surface area (Å²) in [5.41, 5.74) is 1.03. The molecular weight excluding hydrogens is 237 g/mol. The topological polar surface area (TPSA) is 72.7 Å². The van der Waals surface area contributed by atoms with E-state index in [0.717, 1.165) is 0 Å². The van der Waals surface area contributed by atoms with E-state index < -0.39 is 0 Å². The van der Waals surface area contributed by atoms with Crippen LogP contribution in [0.1, 0.15) is 4.79 Å². The molecule has 7 heteroatoms. The highest BCUT2D eigenvalue weighted by Gasteiger charge is 2.28. The largest absolute Gasteiger partial charge is 0.345 e. The Kier molecular flexibility index (Phi) is 1.58. The quantitative estimate of drug-likeness (QED) is 0.640. The smallest absolute Gasteiger partial charge is 0.254 e. The summed E-state index contributed by atoms with van der Waals surface area (Å²) < 4.78 is 14.6. The van der Waals surface area contributed by atoms with Crippen LogP contribution in [0.3, 0.4) is 0 Å². The molecule has 1 N–H and O–H groups in total. The van der Waals surface area contributed by atoms with Crippen LogP contribution in [0.4, 0.5) is 10.3 Å². The van der Waals surface area contributed by atoms with E-state index >= 15 is 0 Å². The van der Waals surface area contributed by atoms with Crippen molar-refractivity contribution in [2.24, 2.45) is 0 Å². The molecule has 3 aliphatic rings. The van der Waals surface area contributed by atoms with Crippen molar-refractivity contribution in [2.75, 3.05) is 11.9 Å². The molecule has 1 aromatic rings. The first kappa shape index (κ1) is 9.46. The molecule has 0 saturated carbocycles. The van der Waals surface area contributed by atoms with Crippen molar-refractivity contribution < 1.29 is 9.18 Å². The molecule has 18 heavy (non-hydrogen) atoms. The SMILES string of the molecule is O=C1CNc2nnc3c4cc(F)ccc4nc-3n21. The minimum absolute atomic E-state index is 0.145. The minimum Gasteiger partial charge on any atom is -0.345 e. The molecule has 3 aliphatic heterocycles. The molecule has 0 atom stereocenters. The number of nitrogens with one attached hydrogen (secondary N) is 1. The lowest BCUT2D eigenvalue weighted by Crippen LogP contribution is -2.12. The van der Waals surface area contributed by atoms with Crippen molar-refractivity contribution in [3.8, 4) is 11.5 Å². The average Bonchev–Trinajstić information content (AvgIpc) is 2.90. The van der Waals surface area contributed by atoms with Crippen LogP contribution < -0.4 is 5.32 Å². The molecule has 0 amide bonds. The second-order valence-electron chi connectivity index (χ2n) is 4.05. The molecule has 0 unspecified atom stereocenters. The van der Waals surface area contributed by atoms with Gasteiger partial charge in [0.05, 0.1) is 12.1 Å². The van der Waals surface area contributed by atoms with Crippen LogP contribution in [0.5, 0.6) is 0 Å². The molecule has 1 aromatic carbocycles. The molecular formula is C11H6FN5O. The number of carbonyl (C=O) groups is 1. The highest BCUT2D eigenvalue weighted by atomic mass is 19.1. The lowest BCUT2D eigenvalue weighted by atomic mass is 10.2. The van der Waals surface area contributed by atoms with Gasteiger partial charge in [-0.1, -0.05) is 0 Å². The monoisotopic (exact) mass is 243 g/mol. The van der Waals surface area contributed by atoms with Gasteiger partial charge in [-0.05, 0) is 18.2 Å². The van der Waals surface area contributed by atoms with Crippen LogP contribution in [-0.4, -0.2) is 32.2 Å². The van der Waals surface area contributed by atoms with E-state index in [0.29, 0.717) is 28.4 Å². The fraction of sp³-hybridized carbons (Fsp3) is 0.0909. The molecule has 0 saturated heterocycles. The Morgan fingerprint density at radius 3 is 3.11 bits per heavy atom. The van der Waals surface area contributed by atoms with Crippen molar-refractivity contribution in [1.82, 2.24) is 19.7 Å². The third kappa shape index (κ3) is 1.05. The first-order valence-electron chi connectivity index (χ1n) is 5.35. The summed E-state index contributed by atoms with van der Waals surface area (Å²) >= 11 is 0. The predicted octanol–water partition coefficient (Wildman–Crippen LogP) is 1.14. The molecule has 0 radical (unpaired) electrons. The summed E-state index contributed by atoms with van der Waals surface area (Å²) in [6, 6.07) is 4.23. The van der Waals surface area contributed by atoms with Gasteiger partial charge in [0.15, 0.2) is 5.82 Å². The van der Waals surface area contributed by atoms with Gasteiger partial charge in [-0.3, -0.25) is 4.79 Å². The zero-order valence-corrected chi connectivity index (χ0v) is 9.01. The van der Waals surface area contributed by atoms with E-state index in [4.69, 9.17) is 0 Å². The number of nitrogens with zero attached hydrogens (tertiary/aromatic N) is 4. The molecule has 0 fully saturated rings. The lowest BCUT2D eigenvalue weighted by molar-refractivity contribution is 0.0944.